The number of hydrogen-bond donors (Lipinski definition) is 0. The topological polar surface area (TPSA) is 52.3 Å². The molecule has 134 valence electrons. The number of ether oxygens (including phenoxy) is 1. The first-order chi connectivity index (χ1) is 13.1. The standard InChI is InChI=1S/C22H16ClNO3/c1-14(15-7-2-4-9-18(15)23)27-22(25)17-13-20(21-11-6-12-26-21)24-19-10-5-3-8-16(17)19/h2-14H,1H3/t14-/m1/s1. The lowest BCUT2D eigenvalue weighted by Gasteiger charge is -2.16. The van der Waals surface area contributed by atoms with Gasteiger partial charge in [0.15, 0.2) is 5.76 Å². The van der Waals surface area contributed by atoms with Crippen LogP contribution in [0.4, 0.5) is 0 Å². The van der Waals surface area contributed by atoms with Gasteiger partial charge in [0, 0.05) is 16.0 Å². The molecule has 0 aliphatic heterocycles. The third-order valence-corrected chi connectivity index (χ3v) is 4.68. The smallest absolute Gasteiger partial charge is 0.339 e. The molecule has 0 amide bonds. The zero-order chi connectivity index (χ0) is 18.8. The summed E-state index contributed by atoms with van der Waals surface area (Å²) in [5.41, 5.74) is 2.47. The summed E-state index contributed by atoms with van der Waals surface area (Å²) in [7, 11) is 0. The van der Waals surface area contributed by atoms with Crippen LogP contribution in [0.3, 0.4) is 0 Å². The number of para-hydroxylation sites is 1. The summed E-state index contributed by atoms with van der Waals surface area (Å²) in [5.74, 6) is 0.155. The van der Waals surface area contributed by atoms with Gasteiger partial charge in [-0.15, -0.1) is 0 Å². The second-order valence-electron chi connectivity index (χ2n) is 6.12. The first-order valence-electron chi connectivity index (χ1n) is 8.52. The number of carbonyl (C=O) groups is 1. The van der Waals surface area contributed by atoms with Crippen LogP contribution in [0, 0.1) is 0 Å². The van der Waals surface area contributed by atoms with Crippen molar-refractivity contribution in [1.82, 2.24) is 4.98 Å². The number of rotatable bonds is 4. The molecule has 0 radical (unpaired) electrons. The Morgan fingerprint density at radius 3 is 2.63 bits per heavy atom. The molecule has 2 aromatic carbocycles. The maximum atomic E-state index is 13.0. The number of aromatic nitrogens is 1. The highest BCUT2D eigenvalue weighted by Gasteiger charge is 2.20. The first kappa shape index (κ1) is 17.3. The lowest BCUT2D eigenvalue weighted by molar-refractivity contribution is 0.0340. The average Bonchev–Trinajstić information content (AvgIpc) is 3.22. The van der Waals surface area contributed by atoms with E-state index in [9.17, 15) is 4.79 Å². The molecule has 2 aromatic heterocycles. The Balaban J connectivity index is 1.74. The number of hydrogen-bond acceptors (Lipinski definition) is 4. The number of halogens is 1. The summed E-state index contributed by atoms with van der Waals surface area (Å²) in [5, 5.41) is 1.29. The lowest BCUT2D eigenvalue weighted by Crippen LogP contribution is -2.11. The van der Waals surface area contributed by atoms with E-state index < -0.39 is 12.1 Å². The summed E-state index contributed by atoms with van der Waals surface area (Å²) in [4.78, 5) is 17.5. The molecule has 0 bridgehead atoms. The van der Waals surface area contributed by atoms with Crippen molar-refractivity contribution in [2.24, 2.45) is 0 Å². The Kier molecular flexibility index (Phi) is 4.65. The Labute approximate surface area is 161 Å². The van der Waals surface area contributed by atoms with Gasteiger partial charge < -0.3 is 9.15 Å². The number of pyridine rings is 1. The van der Waals surface area contributed by atoms with Crippen molar-refractivity contribution in [1.29, 1.82) is 0 Å². The molecule has 0 saturated carbocycles. The van der Waals surface area contributed by atoms with Crippen molar-refractivity contribution in [2.45, 2.75) is 13.0 Å². The van der Waals surface area contributed by atoms with Crippen molar-refractivity contribution in [2.75, 3.05) is 0 Å². The fourth-order valence-electron chi connectivity index (χ4n) is 2.99. The van der Waals surface area contributed by atoms with E-state index in [2.05, 4.69) is 4.98 Å². The van der Waals surface area contributed by atoms with Gasteiger partial charge in [-0.1, -0.05) is 48.0 Å². The molecule has 4 nitrogen and oxygen atoms in total. The van der Waals surface area contributed by atoms with Gasteiger partial charge in [-0.3, -0.25) is 0 Å². The van der Waals surface area contributed by atoms with Crippen molar-refractivity contribution < 1.29 is 13.9 Å². The van der Waals surface area contributed by atoms with E-state index in [0.717, 1.165) is 10.9 Å². The predicted molar refractivity (Wildman–Crippen MR) is 105 cm³/mol. The van der Waals surface area contributed by atoms with Crippen LogP contribution in [0.25, 0.3) is 22.4 Å². The van der Waals surface area contributed by atoms with Crippen molar-refractivity contribution >= 4 is 28.5 Å². The van der Waals surface area contributed by atoms with E-state index in [1.54, 1.807) is 37.5 Å². The Morgan fingerprint density at radius 1 is 1.07 bits per heavy atom. The van der Waals surface area contributed by atoms with Gasteiger partial charge in [0.1, 0.15) is 11.8 Å². The van der Waals surface area contributed by atoms with E-state index in [4.69, 9.17) is 20.8 Å². The highest BCUT2D eigenvalue weighted by atomic mass is 35.5. The van der Waals surface area contributed by atoms with Crippen molar-refractivity contribution in [3.63, 3.8) is 0 Å². The number of nitrogens with zero attached hydrogens (tertiary/aromatic N) is 1. The summed E-state index contributed by atoms with van der Waals surface area (Å²) >= 11 is 6.22. The molecule has 0 aliphatic carbocycles. The van der Waals surface area contributed by atoms with E-state index >= 15 is 0 Å². The molecule has 0 fully saturated rings. The highest BCUT2D eigenvalue weighted by Crippen LogP contribution is 2.29. The SMILES string of the molecule is C[C@@H](OC(=O)c1cc(-c2ccco2)nc2ccccc12)c1ccccc1Cl. The van der Waals surface area contributed by atoms with Crippen LogP contribution in [0.1, 0.15) is 28.9 Å². The molecule has 27 heavy (non-hydrogen) atoms. The molecule has 5 heteroatoms. The third-order valence-electron chi connectivity index (χ3n) is 4.34. The second kappa shape index (κ2) is 7.25. The Bertz CT molecular complexity index is 1110. The summed E-state index contributed by atoms with van der Waals surface area (Å²) in [6.45, 7) is 1.80. The normalized spacial score (nSPS) is 12.1. The monoisotopic (exact) mass is 377 g/mol. The minimum absolute atomic E-state index is 0.436. The third kappa shape index (κ3) is 3.44. The lowest BCUT2D eigenvalue weighted by atomic mass is 10.1. The fourth-order valence-corrected chi connectivity index (χ4v) is 3.28. The van der Waals surface area contributed by atoms with Gasteiger partial charge in [0.2, 0.25) is 0 Å². The highest BCUT2D eigenvalue weighted by molar-refractivity contribution is 6.31. The number of esters is 1. The number of furan rings is 1. The van der Waals surface area contributed by atoms with Gasteiger partial charge in [-0.05, 0) is 37.3 Å². The molecule has 1 atom stereocenters. The minimum atomic E-state index is -0.481. The van der Waals surface area contributed by atoms with Crippen molar-refractivity contribution in [3.05, 3.63) is 89.1 Å². The summed E-state index contributed by atoms with van der Waals surface area (Å²) in [6, 6.07) is 20.1. The molecule has 0 spiro atoms. The van der Waals surface area contributed by atoms with Crippen LogP contribution in [0.15, 0.2) is 77.4 Å². The quantitative estimate of drug-likeness (QED) is 0.405. The summed E-state index contributed by atoms with van der Waals surface area (Å²) in [6.07, 6.45) is 1.09. The van der Waals surface area contributed by atoms with Crippen LogP contribution < -0.4 is 0 Å². The van der Waals surface area contributed by atoms with Crippen LogP contribution in [0.2, 0.25) is 5.02 Å². The maximum Gasteiger partial charge on any atom is 0.339 e. The first-order valence-corrected chi connectivity index (χ1v) is 8.90. The van der Waals surface area contributed by atoms with Gasteiger partial charge in [0.25, 0.3) is 0 Å². The molecule has 4 rings (SSSR count). The molecule has 4 aromatic rings. The van der Waals surface area contributed by atoms with E-state index in [0.29, 0.717) is 27.6 Å². The molecule has 2 heterocycles. The average molecular weight is 378 g/mol. The molecular formula is C22H16ClNO3. The maximum absolute atomic E-state index is 13.0. The number of carbonyl (C=O) groups excluding carboxylic acids is 1. The molecule has 0 unspecified atom stereocenters. The van der Waals surface area contributed by atoms with E-state index in [-0.39, 0.29) is 0 Å². The Hall–Kier alpha value is -3.11. The largest absolute Gasteiger partial charge is 0.463 e. The van der Waals surface area contributed by atoms with Crippen LogP contribution in [0.5, 0.6) is 0 Å². The number of benzene rings is 2. The summed E-state index contributed by atoms with van der Waals surface area (Å²) < 4.78 is 11.1. The van der Waals surface area contributed by atoms with Gasteiger partial charge in [0.05, 0.1) is 17.3 Å². The minimum Gasteiger partial charge on any atom is -0.463 e. The van der Waals surface area contributed by atoms with Crippen LogP contribution in [-0.2, 0) is 4.74 Å². The van der Waals surface area contributed by atoms with Crippen LogP contribution >= 0.6 is 11.6 Å². The van der Waals surface area contributed by atoms with E-state index in [1.165, 1.54) is 0 Å². The van der Waals surface area contributed by atoms with Crippen LogP contribution in [-0.4, -0.2) is 11.0 Å². The predicted octanol–water partition coefficient (Wildman–Crippen LogP) is 6.07. The fraction of sp³-hybridized carbons (Fsp3) is 0.0909. The Morgan fingerprint density at radius 2 is 1.85 bits per heavy atom. The molecule has 0 aliphatic rings. The van der Waals surface area contributed by atoms with Gasteiger partial charge in [-0.2, -0.15) is 0 Å². The second-order valence-corrected chi connectivity index (χ2v) is 6.53. The zero-order valence-electron chi connectivity index (χ0n) is 14.6. The molecule has 0 N–H and O–H groups in total. The number of fused-ring (bicyclic) bond motifs is 1. The van der Waals surface area contributed by atoms with Gasteiger partial charge >= 0.3 is 5.97 Å². The van der Waals surface area contributed by atoms with E-state index in [1.807, 2.05) is 42.5 Å². The van der Waals surface area contributed by atoms with Gasteiger partial charge in [-0.25, -0.2) is 9.78 Å². The molecular weight excluding hydrogens is 362 g/mol. The molecule has 0 saturated heterocycles. The van der Waals surface area contributed by atoms with Crippen molar-refractivity contribution in [3.8, 4) is 11.5 Å². The zero-order valence-corrected chi connectivity index (χ0v) is 15.3.